The Labute approximate surface area is 86.4 Å². The van der Waals surface area contributed by atoms with Gasteiger partial charge in [-0.1, -0.05) is 15.9 Å². The van der Waals surface area contributed by atoms with E-state index in [0.29, 0.717) is 6.04 Å². The fraction of sp³-hybridized carbons (Fsp3) is 0.400. The van der Waals surface area contributed by atoms with E-state index in [2.05, 4.69) is 40.3 Å². The van der Waals surface area contributed by atoms with Gasteiger partial charge in [0.15, 0.2) is 0 Å². The maximum atomic E-state index is 5.55. The Bertz CT molecular complexity index is 338. The zero-order valence-corrected chi connectivity index (χ0v) is 9.31. The van der Waals surface area contributed by atoms with Gasteiger partial charge in [-0.05, 0) is 31.7 Å². The molecule has 0 saturated carbocycles. The van der Waals surface area contributed by atoms with Crippen molar-refractivity contribution in [3.63, 3.8) is 0 Å². The number of hydrogen-bond acceptors (Lipinski definition) is 2. The van der Waals surface area contributed by atoms with E-state index in [0.717, 1.165) is 16.8 Å². The molecule has 2 nitrogen and oxygen atoms in total. The third-order valence-electron chi connectivity index (χ3n) is 2.42. The van der Waals surface area contributed by atoms with Crippen LogP contribution in [-0.2, 0) is 0 Å². The maximum Gasteiger partial charge on any atom is 0.124 e. The summed E-state index contributed by atoms with van der Waals surface area (Å²) in [5.41, 5.74) is 2.47. The Kier molecular flexibility index (Phi) is 2.30. The van der Waals surface area contributed by atoms with Gasteiger partial charge in [0.25, 0.3) is 0 Å². The molecule has 0 bridgehead atoms. The van der Waals surface area contributed by atoms with Crippen LogP contribution >= 0.6 is 15.9 Å². The highest BCUT2D eigenvalue weighted by atomic mass is 79.9. The van der Waals surface area contributed by atoms with Crippen molar-refractivity contribution in [2.24, 2.45) is 0 Å². The first-order chi connectivity index (χ1) is 6.22. The minimum Gasteiger partial charge on any atom is -0.491 e. The van der Waals surface area contributed by atoms with E-state index in [-0.39, 0.29) is 0 Å². The molecule has 0 radical (unpaired) electrons. The van der Waals surface area contributed by atoms with Crippen LogP contribution in [0.5, 0.6) is 5.75 Å². The monoisotopic (exact) mass is 241 g/mol. The van der Waals surface area contributed by atoms with Crippen molar-refractivity contribution >= 4 is 15.9 Å². The molecular weight excluding hydrogens is 230 g/mol. The van der Waals surface area contributed by atoms with E-state index in [1.54, 1.807) is 0 Å². The van der Waals surface area contributed by atoms with E-state index >= 15 is 0 Å². The molecule has 1 aliphatic heterocycles. The van der Waals surface area contributed by atoms with Crippen LogP contribution in [0, 0.1) is 6.92 Å². The first-order valence-corrected chi connectivity index (χ1v) is 5.12. The second-order valence-corrected chi connectivity index (χ2v) is 4.15. The van der Waals surface area contributed by atoms with E-state index in [4.69, 9.17) is 4.74 Å². The molecule has 1 aromatic rings. The highest BCUT2D eigenvalue weighted by Crippen LogP contribution is 2.35. The van der Waals surface area contributed by atoms with E-state index < -0.39 is 0 Å². The van der Waals surface area contributed by atoms with Gasteiger partial charge in [0.1, 0.15) is 12.4 Å². The van der Waals surface area contributed by atoms with Crippen molar-refractivity contribution in [1.29, 1.82) is 0 Å². The third kappa shape index (κ3) is 1.46. The quantitative estimate of drug-likeness (QED) is 0.816. The molecule has 0 saturated heterocycles. The van der Waals surface area contributed by atoms with Crippen molar-refractivity contribution in [2.75, 3.05) is 13.7 Å². The van der Waals surface area contributed by atoms with Crippen molar-refractivity contribution in [3.8, 4) is 5.75 Å². The molecule has 13 heavy (non-hydrogen) atoms. The first-order valence-electron chi connectivity index (χ1n) is 4.32. The number of halogens is 1. The number of hydrogen-bond donors (Lipinski definition) is 1. The minimum absolute atomic E-state index is 0.340. The Morgan fingerprint density at radius 3 is 3.00 bits per heavy atom. The van der Waals surface area contributed by atoms with Gasteiger partial charge in [0.2, 0.25) is 0 Å². The van der Waals surface area contributed by atoms with Crippen LogP contribution in [0.3, 0.4) is 0 Å². The third-order valence-corrected chi connectivity index (χ3v) is 3.27. The van der Waals surface area contributed by atoms with E-state index in [9.17, 15) is 0 Å². The summed E-state index contributed by atoms with van der Waals surface area (Å²) >= 11 is 3.52. The number of benzene rings is 1. The Morgan fingerprint density at radius 2 is 2.31 bits per heavy atom. The molecule has 1 aliphatic rings. The highest BCUT2D eigenvalue weighted by Gasteiger charge is 2.23. The number of rotatable bonds is 1. The number of ether oxygens (including phenoxy) is 1. The van der Waals surface area contributed by atoms with Gasteiger partial charge in [-0.15, -0.1) is 0 Å². The van der Waals surface area contributed by atoms with Crippen molar-refractivity contribution in [3.05, 3.63) is 27.7 Å². The molecule has 0 unspecified atom stereocenters. The fourth-order valence-corrected chi connectivity index (χ4v) is 1.93. The topological polar surface area (TPSA) is 21.3 Å². The second-order valence-electron chi connectivity index (χ2n) is 3.29. The molecule has 0 spiro atoms. The van der Waals surface area contributed by atoms with Crippen LogP contribution in [0.15, 0.2) is 16.6 Å². The number of nitrogens with one attached hydrogen (secondary N) is 1. The lowest BCUT2D eigenvalue weighted by atomic mass is 10.1. The molecule has 1 heterocycles. The van der Waals surface area contributed by atoms with Gasteiger partial charge in [-0.25, -0.2) is 0 Å². The second kappa shape index (κ2) is 3.31. The van der Waals surface area contributed by atoms with E-state index in [1.807, 2.05) is 7.05 Å². The maximum absolute atomic E-state index is 5.55. The van der Waals surface area contributed by atoms with Crippen LogP contribution < -0.4 is 10.1 Å². The summed E-state index contributed by atoms with van der Waals surface area (Å²) in [4.78, 5) is 0. The van der Waals surface area contributed by atoms with Gasteiger partial charge in [0.05, 0.1) is 6.04 Å². The fourth-order valence-electron chi connectivity index (χ4n) is 1.57. The molecular formula is C10H12BrNO. The van der Waals surface area contributed by atoms with Crippen LogP contribution in [0.2, 0.25) is 0 Å². The molecule has 0 amide bonds. The highest BCUT2D eigenvalue weighted by molar-refractivity contribution is 9.10. The number of fused-ring (bicyclic) bond motifs is 1. The smallest absolute Gasteiger partial charge is 0.124 e. The van der Waals surface area contributed by atoms with Crippen molar-refractivity contribution < 1.29 is 4.74 Å². The summed E-state index contributed by atoms with van der Waals surface area (Å²) in [5, 5.41) is 3.22. The molecule has 1 aromatic carbocycles. The number of aryl methyl sites for hydroxylation is 1. The van der Waals surface area contributed by atoms with Gasteiger partial charge in [0, 0.05) is 10.0 Å². The molecule has 0 aromatic heterocycles. The predicted molar refractivity (Wildman–Crippen MR) is 56.2 cm³/mol. The molecule has 1 atom stereocenters. The van der Waals surface area contributed by atoms with Crippen molar-refractivity contribution in [1.82, 2.24) is 5.32 Å². The Balaban J connectivity index is 2.47. The molecule has 0 aliphatic carbocycles. The molecule has 0 fully saturated rings. The average molecular weight is 242 g/mol. The van der Waals surface area contributed by atoms with Gasteiger partial charge in [-0.3, -0.25) is 0 Å². The summed E-state index contributed by atoms with van der Waals surface area (Å²) < 4.78 is 6.70. The summed E-state index contributed by atoms with van der Waals surface area (Å²) in [6.07, 6.45) is 0. The van der Waals surface area contributed by atoms with Crippen molar-refractivity contribution in [2.45, 2.75) is 13.0 Å². The summed E-state index contributed by atoms with van der Waals surface area (Å²) in [5.74, 6) is 1.01. The van der Waals surface area contributed by atoms with E-state index in [1.165, 1.54) is 11.1 Å². The standard InChI is InChI=1S/C10H12BrNO/c1-6-3-10-7(4-8(6)11)9(12-2)5-13-10/h3-4,9,12H,5H2,1-2H3/t9-/m1/s1. The van der Waals surface area contributed by atoms with Crippen LogP contribution in [0.4, 0.5) is 0 Å². The first kappa shape index (κ1) is 9.03. The normalized spacial score (nSPS) is 19.8. The van der Waals surface area contributed by atoms with Gasteiger partial charge < -0.3 is 10.1 Å². The zero-order chi connectivity index (χ0) is 9.42. The lowest BCUT2D eigenvalue weighted by molar-refractivity contribution is 0.318. The van der Waals surface area contributed by atoms with Crippen LogP contribution in [0.25, 0.3) is 0 Å². The summed E-state index contributed by atoms with van der Waals surface area (Å²) in [7, 11) is 1.96. The average Bonchev–Trinajstić information content (AvgIpc) is 2.48. The van der Waals surface area contributed by atoms with Gasteiger partial charge in [-0.2, -0.15) is 0 Å². The Hall–Kier alpha value is -0.540. The van der Waals surface area contributed by atoms with Crippen LogP contribution in [-0.4, -0.2) is 13.7 Å². The lowest BCUT2D eigenvalue weighted by Crippen LogP contribution is -2.17. The lowest BCUT2D eigenvalue weighted by Gasteiger charge is -2.07. The minimum atomic E-state index is 0.340. The largest absolute Gasteiger partial charge is 0.491 e. The van der Waals surface area contributed by atoms with Gasteiger partial charge >= 0.3 is 0 Å². The SMILES string of the molecule is CN[C@@H]1COc2cc(C)c(Br)cc21. The molecule has 3 heteroatoms. The van der Waals surface area contributed by atoms with Crippen LogP contribution in [0.1, 0.15) is 17.2 Å². The molecule has 2 rings (SSSR count). The predicted octanol–water partition coefficient (Wildman–Crippen LogP) is 2.41. The summed E-state index contributed by atoms with van der Waals surface area (Å²) in [6.45, 7) is 2.81. The number of likely N-dealkylation sites (N-methyl/N-ethyl adjacent to an activating group) is 1. The molecule has 1 N–H and O–H groups in total. The summed E-state index contributed by atoms with van der Waals surface area (Å²) in [6, 6.07) is 4.56. The Morgan fingerprint density at radius 1 is 1.54 bits per heavy atom. The molecule has 70 valence electrons. The zero-order valence-electron chi connectivity index (χ0n) is 7.73.